The molecule has 0 aromatic carbocycles. The molecular weight excluding hydrogens is 727 g/mol. The number of carbonyl (C=O) groups is 1. The van der Waals surface area contributed by atoms with Crippen LogP contribution in [-0.2, 0) is 27.9 Å². The molecule has 0 saturated carbocycles. The molecule has 3 N–H and O–H groups in total. The van der Waals surface area contributed by atoms with Crippen LogP contribution in [0.3, 0.4) is 0 Å². The quantitative estimate of drug-likeness (QED) is 0.0240. The standard InChI is InChI=1S/C46H79O9P/c1-3-5-7-9-11-13-15-17-19-21-22-23-24-26-28-30-32-34-36-38-46(49)55-45(43-54-56(50,51)53-41-44(48)40-47)42-52-39-37-35-33-31-29-27-25-20-18-16-14-12-10-8-6-4-2/h6,8,11-14,17-20,22-23,27,29,44-45,47-48H,3-5,7,9-10,15-16,21,24-26,28,30-43H2,1-2H3,(H,50,51)/b8-6-,13-11-,14-12-,19-17-,20-18-,23-22-,29-27-. The second-order valence-electron chi connectivity index (χ2n) is 14.0. The molecule has 0 amide bonds. The van der Waals surface area contributed by atoms with Crippen molar-refractivity contribution in [2.75, 3.05) is 33.0 Å². The number of ether oxygens (including phenoxy) is 2. The first-order chi connectivity index (χ1) is 27.3. The first kappa shape index (κ1) is 53.6. The molecule has 3 unspecified atom stereocenters. The van der Waals surface area contributed by atoms with Gasteiger partial charge in [-0.15, -0.1) is 0 Å². The maximum absolute atomic E-state index is 12.6. The van der Waals surface area contributed by atoms with Crippen LogP contribution < -0.4 is 0 Å². The molecule has 0 heterocycles. The Labute approximate surface area is 341 Å². The van der Waals surface area contributed by atoms with E-state index in [4.69, 9.17) is 23.6 Å². The van der Waals surface area contributed by atoms with Gasteiger partial charge in [0.15, 0.2) is 0 Å². The van der Waals surface area contributed by atoms with Crippen molar-refractivity contribution in [2.24, 2.45) is 0 Å². The molecule has 0 radical (unpaired) electrons. The minimum atomic E-state index is -4.54. The minimum absolute atomic E-state index is 0.0170. The van der Waals surface area contributed by atoms with Crippen molar-refractivity contribution in [3.63, 3.8) is 0 Å². The molecule has 0 saturated heterocycles. The van der Waals surface area contributed by atoms with Gasteiger partial charge < -0.3 is 24.6 Å². The highest BCUT2D eigenvalue weighted by atomic mass is 31.2. The Kier molecular flexibility index (Phi) is 40.5. The number of aliphatic hydroxyl groups is 2. The molecule has 0 rings (SSSR count). The molecule has 56 heavy (non-hydrogen) atoms. The first-order valence-electron chi connectivity index (χ1n) is 21.6. The molecule has 322 valence electrons. The van der Waals surface area contributed by atoms with E-state index in [-0.39, 0.29) is 13.0 Å². The second kappa shape index (κ2) is 42.3. The highest BCUT2D eigenvalue weighted by molar-refractivity contribution is 7.47. The molecule has 0 aliphatic carbocycles. The van der Waals surface area contributed by atoms with Crippen molar-refractivity contribution >= 4 is 13.8 Å². The van der Waals surface area contributed by atoms with Crippen LogP contribution in [0.4, 0.5) is 0 Å². The lowest BCUT2D eigenvalue weighted by atomic mass is 10.1. The molecule has 0 fully saturated rings. The molecule has 9 nitrogen and oxygen atoms in total. The van der Waals surface area contributed by atoms with Crippen molar-refractivity contribution in [1.29, 1.82) is 0 Å². The fraction of sp³-hybridized carbons (Fsp3) is 0.674. The zero-order valence-electron chi connectivity index (χ0n) is 35.1. The van der Waals surface area contributed by atoms with Crippen LogP contribution in [0.25, 0.3) is 0 Å². The lowest BCUT2D eigenvalue weighted by Crippen LogP contribution is -2.29. The number of allylic oxidation sites excluding steroid dienone is 14. The summed E-state index contributed by atoms with van der Waals surface area (Å²) in [5.41, 5.74) is 0. The molecule has 3 atom stereocenters. The lowest BCUT2D eigenvalue weighted by Gasteiger charge is -2.20. The SMILES string of the molecule is CC/C=C\C/C=C\C/C=C\C/C=C\CCCCCOCC(COP(=O)(O)OCC(O)CO)OC(=O)CCCCCCCC/C=C\C/C=C\C/C=C\CCCCC. The van der Waals surface area contributed by atoms with Gasteiger partial charge in [0.1, 0.15) is 12.2 Å². The highest BCUT2D eigenvalue weighted by Gasteiger charge is 2.26. The lowest BCUT2D eigenvalue weighted by molar-refractivity contribution is -0.154. The van der Waals surface area contributed by atoms with E-state index in [1.54, 1.807) is 0 Å². The molecule has 0 aliphatic heterocycles. The third-order valence-corrected chi connectivity index (χ3v) is 9.52. The van der Waals surface area contributed by atoms with E-state index in [0.717, 1.165) is 103 Å². The van der Waals surface area contributed by atoms with Crippen LogP contribution in [0.5, 0.6) is 0 Å². The normalized spacial score (nSPS) is 14.9. The van der Waals surface area contributed by atoms with E-state index in [9.17, 15) is 19.4 Å². The smallest absolute Gasteiger partial charge is 0.457 e. The van der Waals surface area contributed by atoms with E-state index in [1.807, 2.05) is 0 Å². The van der Waals surface area contributed by atoms with Crippen molar-refractivity contribution in [3.8, 4) is 0 Å². The Balaban J connectivity index is 4.28. The number of aliphatic hydroxyl groups excluding tert-OH is 2. The van der Waals surface area contributed by atoms with Crippen LogP contribution in [0, 0.1) is 0 Å². The summed E-state index contributed by atoms with van der Waals surface area (Å²) in [6.07, 6.45) is 51.1. The van der Waals surface area contributed by atoms with Crippen LogP contribution in [-0.4, -0.2) is 66.3 Å². The Morgan fingerprint density at radius 3 is 1.54 bits per heavy atom. The summed E-state index contributed by atoms with van der Waals surface area (Å²) in [5, 5.41) is 18.3. The number of unbranched alkanes of at least 4 members (excludes halogenated alkanes) is 12. The molecule has 0 bridgehead atoms. The third-order valence-electron chi connectivity index (χ3n) is 8.56. The summed E-state index contributed by atoms with van der Waals surface area (Å²) in [6.45, 7) is 3.25. The van der Waals surface area contributed by atoms with E-state index in [1.165, 1.54) is 25.7 Å². The van der Waals surface area contributed by atoms with Gasteiger partial charge in [-0.25, -0.2) is 4.57 Å². The summed E-state index contributed by atoms with van der Waals surface area (Å²) >= 11 is 0. The van der Waals surface area contributed by atoms with Gasteiger partial charge in [-0.1, -0.05) is 144 Å². The number of carbonyl (C=O) groups excluding carboxylic acids is 1. The topological polar surface area (TPSA) is 132 Å². The molecule has 0 aliphatic rings. The maximum Gasteiger partial charge on any atom is 0.472 e. The van der Waals surface area contributed by atoms with Gasteiger partial charge >= 0.3 is 13.8 Å². The Morgan fingerprint density at radius 2 is 1.02 bits per heavy atom. The molecule has 10 heteroatoms. The van der Waals surface area contributed by atoms with Gasteiger partial charge in [-0.05, 0) is 89.9 Å². The Morgan fingerprint density at radius 1 is 0.571 bits per heavy atom. The van der Waals surface area contributed by atoms with E-state index in [2.05, 4.69) is 98.9 Å². The fourth-order valence-electron chi connectivity index (χ4n) is 5.29. The summed E-state index contributed by atoms with van der Waals surface area (Å²) in [6, 6.07) is 0. The minimum Gasteiger partial charge on any atom is -0.457 e. The molecule has 0 spiro atoms. The number of rotatable bonds is 40. The van der Waals surface area contributed by atoms with Gasteiger partial charge in [0, 0.05) is 13.0 Å². The largest absolute Gasteiger partial charge is 0.472 e. The van der Waals surface area contributed by atoms with Gasteiger partial charge in [0.25, 0.3) is 0 Å². The van der Waals surface area contributed by atoms with Crippen molar-refractivity contribution in [1.82, 2.24) is 0 Å². The fourth-order valence-corrected chi connectivity index (χ4v) is 6.08. The van der Waals surface area contributed by atoms with Crippen molar-refractivity contribution in [3.05, 3.63) is 85.1 Å². The Hall–Kier alpha value is -2.36. The average molecular weight is 807 g/mol. The van der Waals surface area contributed by atoms with Crippen LogP contribution in [0.2, 0.25) is 0 Å². The predicted molar refractivity (Wildman–Crippen MR) is 232 cm³/mol. The highest BCUT2D eigenvalue weighted by Crippen LogP contribution is 2.43. The van der Waals surface area contributed by atoms with Crippen molar-refractivity contribution < 1.29 is 43.0 Å². The number of hydrogen-bond acceptors (Lipinski definition) is 8. The van der Waals surface area contributed by atoms with E-state index in [0.29, 0.717) is 13.0 Å². The molecule has 0 aromatic heterocycles. The number of esters is 1. The van der Waals surface area contributed by atoms with E-state index >= 15 is 0 Å². The Bertz CT molecular complexity index is 1140. The van der Waals surface area contributed by atoms with Gasteiger partial charge in [-0.2, -0.15) is 0 Å². The van der Waals surface area contributed by atoms with Gasteiger partial charge in [0.2, 0.25) is 0 Å². The summed E-state index contributed by atoms with van der Waals surface area (Å²) in [4.78, 5) is 22.6. The maximum atomic E-state index is 12.6. The van der Waals surface area contributed by atoms with Crippen LogP contribution in [0.1, 0.15) is 155 Å². The van der Waals surface area contributed by atoms with Crippen molar-refractivity contribution in [2.45, 2.75) is 167 Å². The van der Waals surface area contributed by atoms with Gasteiger partial charge in [-0.3, -0.25) is 13.8 Å². The first-order valence-corrected chi connectivity index (χ1v) is 23.1. The predicted octanol–water partition coefficient (Wildman–Crippen LogP) is 11.9. The monoisotopic (exact) mass is 807 g/mol. The number of phosphoric ester groups is 1. The summed E-state index contributed by atoms with van der Waals surface area (Å²) < 4.78 is 33.3. The second-order valence-corrected chi connectivity index (χ2v) is 15.4. The number of hydrogen-bond donors (Lipinski definition) is 3. The average Bonchev–Trinajstić information content (AvgIpc) is 3.19. The summed E-state index contributed by atoms with van der Waals surface area (Å²) in [7, 11) is -4.54. The number of phosphoric acid groups is 1. The zero-order valence-corrected chi connectivity index (χ0v) is 36.0. The van der Waals surface area contributed by atoms with E-state index < -0.39 is 45.8 Å². The third kappa shape index (κ3) is 41.3. The molecular formula is C46H79O9P. The zero-order chi connectivity index (χ0) is 41.1. The van der Waals surface area contributed by atoms with Gasteiger partial charge in [0.05, 0.1) is 26.4 Å². The molecule has 0 aromatic rings. The van der Waals surface area contributed by atoms with Crippen LogP contribution in [0.15, 0.2) is 85.1 Å². The van der Waals surface area contributed by atoms with Crippen LogP contribution >= 0.6 is 7.82 Å². The summed E-state index contributed by atoms with van der Waals surface area (Å²) in [5.74, 6) is -0.410.